The summed E-state index contributed by atoms with van der Waals surface area (Å²) < 4.78 is 10.8. The molecule has 0 atom stereocenters. The number of nitrogens with zero attached hydrogens (tertiary/aromatic N) is 2. The summed E-state index contributed by atoms with van der Waals surface area (Å²) >= 11 is 0. The summed E-state index contributed by atoms with van der Waals surface area (Å²) in [5.74, 6) is 0.0115. The van der Waals surface area contributed by atoms with E-state index in [2.05, 4.69) is 22.0 Å². The lowest BCUT2D eigenvalue weighted by Crippen LogP contribution is -2.46. The number of esters is 1. The molecule has 0 aromatic heterocycles. The third kappa shape index (κ3) is 6.01. The standard InChI is InChI=1S/C25H33N3O4/c1-4-16-32-21-9-7-8-19(17-21)24(29)26-22-18-20(25(30)31-6-3)10-11-23(22)28-14-12-27(5-2)13-15-28/h7-11,17-18H,4-6,12-16H2,1-3H3,(H,26,29). The number of amides is 1. The Labute approximate surface area is 190 Å². The molecule has 0 unspecified atom stereocenters. The van der Waals surface area contributed by atoms with Gasteiger partial charge in [-0.15, -0.1) is 0 Å². The average molecular weight is 440 g/mol. The van der Waals surface area contributed by atoms with E-state index in [0.717, 1.165) is 44.8 Å². The van der Waals surface area contributed by atoms with E-state index in [1.54, 1.807) is 37.3 Å². The minimum absolute atomic E-state index is 0.249. The molecule has 1 fully saturated rings. The molecule has 1 aliphatic heterocycles. The van der Waals surface area contributed by atoms with Gasteiger partial charge in [-0.25, -0.2) is 4.79 Å². The van der Waals surface area contributed by atoms with Gasteiger partial charge in [-0.05, 0) is 56.3 Å². The molecule has 0 aliphatic carbocycles. The van der Waals surface area contributed by atoms with Gasteiger partial charge in [0, 0.05) is 31.7 Å². The van der Waals surface area contributed by atoms with Crippen LogP contribution >= 0.6 is 0 Å². The topological polar surface area (TPSA) is 71.1 Å². The van der Waals surface area contributed by atoms with Crippen LogP contribution in [0.15, 0.2) is 42.5 Å². The largest absolute Gasteiger partial charge is 0.494 e. The smallest absolute Gasteiger partial charge is 0.338 e. The lowest BCUT2D eigenvalue weighted by Gasteiger charge is -2.36. The highest BCUT2D eigenvalue weighted by atomic mass is 16.5. The maximum atomic E-state index is 13.1. The number of carbonyl (C=O) groups excluding carboxylic acids is 2. The second kappa shape index (κ2) is 11.5. The number of carbonyl (C=O) groups is 2. The van der Waals surface area contributed by atoms with Gasteiger partial charge in [0.25, 0.3) is 5.91 Å². The van der Waals surface area contributed by atoms with Crippen molar-refractivity contribution >= 4 is 23.3 Å². The maximum absolute atomic E-state index is 13.1. The Morgan fingerprint density at radius 2 is 1.75 bits per heavy atom. The van der Waals surface area contributed by atoms with Crippen LogP contribution in [0.1, 0.15) is 47.9 Å². The second-order valence-corrected chi connectivity index (χ2v) is 7.70. The minimum atomic E-state index is -0.402. The van der Waals surface area contributed by atoms with Gasteiger partial charge in [0.1, 0.15) is 5.75 Å². The van der Waals surface area contributed by atoms with Gasteiger partial charge < -0.3 is 24.6 Å². The number of ether oxygens (including phenoxy) is 2. The molecular formula is C25H33N3O4. The van der Waals surface area contributed by atoms with E-state index >= 15 is 0 Å². The van der Waals surface area contributed by atoms with Crippen LogP contribution in [-0.4, -0.2) is 62.7 Å². The van der Waals surface area contributed by atoms with E-state index in [1.165, 1.54) is 0 Å². The molecule has 0 saturated carbocycles. The summed E-state index contributed by atoms with van der Waals surface area (Å²) in [5.41, 5.74) is 2.42. The van der Waals surface area contributed by atoms with Crippen LogP contribution in [0.4, 0.5) is 11.4 Å². The molecular weight excluding hydrogens is 406 g/mol. The Morgan fingerprint density at radius 3 is 2.44 bits per heavy atom. The first kappa shape index (κ1) is 23.6. The zero-order valence-electron chi connectivity index (χ0n) is 19.2. The summed E-state index contributed by atoms with van der Waals surface area (Å²) in [6.45, 7) is 11.5. The van der Waals surface area contributed by atoms with Crippen LogP contribution in [0.3, 0.4) is 0 Å². The van der Waals surface area contributed by atoms with Crippen molar-refractivity contribution in [3.63, 3.8) is 0 Å². The monoisotopic (exact) mass is 439 g/mol. The van der Waals surface area contributed by atoms with Gasteiger partial charge >= 0.3 is 5.97 Å². The highest BCUT2D eigenvalue weighted by Crippen LogP contribution is 2.29. The summed E-state index contributed by atoms with van der Waals surface area (Å²) in [7, 11) is 0. The van der Waals surface area contributed by atoms with Crippen molar-refractivity contribution in [3.8, 4) is 5.75 Å². The molecule has 1 heterocycles. The van der Waals surface area contributed by atoms with Gasteiger partial charge in [-0.1, -0.05) is 19.9 Å². The third-order valence-electron chi connectivity index (χ3n) is 5.49. The van der Waals surface area contributed by atoms with Crippen molar-refractivity contribution in [1.29, 1.82) is 0 Å². The molecule has 1 saturated heterocycles. The molecule has 0 radical (unpaired) electrons. The van der Waals surface area contributed by atoms with E-state index in [4.69, 9.17) is 9.47 Å². The van der Waals surface area contributed by atoms with E-state index in [9.17, 15) is 9.59 Å². The van der Waals surface area contributed by atoms with E-state index in [0.29, 0.717) is 35.8 Å². The number of hydrogen-bond acceptors (Lipinski definition) is 6. The highest BCUT2D eigenvalue weighted by Gasteiger charge is 2.21. The Bertz CT molecular complexity index is 923. The molecule has 172 valence electrons. The molecule has 1 aliphatic rings. The Morgan fingerprint density at radius 1 is 0.969 bits per heavy atom. The zero-order chi connectivity index (χ0) is 22.9. The van der Waals surface area contributed by atoms with Crippen molar-refractivity contribution in [3.05, 3.63) is 53.6 Å². The van der Waals surface area contributed by atoms with Crippen LogP contribution in [0, 0.1) is 0 Å². The Balaban J connectivity index is 1.85. The van der Waals surface area contributed by atoms with Crippen molar-refractivity contribution in [2.45, 2.75) is 27.2 Å². The molecule has 2 aromatic carbocycles. The molecule has 7 heteroatoms. The van der Waals surface area contributed by atoms with Crippen LogP contribution in [0.2, 0.25) is 0 Å². The first-order valence-electron chi connectivity index (χ1n) is 11.4. The van der Waals surface area contributed by atoms with Crippen molar-refractivity contribution in [2.24, 2.45) is 0 Å². The molecule has 2 aromatic rings. The number of hydrogen-bond donors (Lipinski definition) is 1. The number of anilines is 2. The number of nitrogens with one attached hydrogen (secondary N) is 1. The molecule has 1 N–H and O–H groups in total. The minimum Gasteiger partial charge on any atom is -0.494 e. The molecule has 0 spiro atoms. The fraction of sp³-hybridized carbons (Fsp3) is 0.440. The first-order valence-corrected chi connectivity index (χ1v) is 11.4. The zero-order valence-corrected chi connectivity index (χ0v) is 19.2. The van der Waals surface area contributed by atoms with Crippen LogP contribution in [0.25, 0.3) is 0 Å². The third-order valence-corrected chi connectivity index (χ3v) is 5.49. The second-order valence-electron chi connectivity index (χ2n) is 7.70. The van der Waals surface area contributed by atoms with Crippen LogP contribution in [0.5, 0.6) is 5.75 Å². The molecule has 32 heavy (non-hydrogen) atoms. The van der Waals surface area contributed by atoms with Gasteiger partial charge in [-0.3, -0.25) is 4.79 Å². The average Bonchev–Trinajstić information content (AvgIpc) is 2.83. The van der Waals surface area contributed by atoms with Crippen molar-refractivity contribution < 1.29 is 19.1 Å². The van der Waals surface area contributed by atoms with Gasteiger partial charge in [0.15, 0.2) is 0 Å². The fourth-order valence-electron chi connectivity index (χ4n) is 3.70. The van der Waals surface area contributed by atoms with Crippen molar-refractivity contribution in [2.75, 3.05) is 56.2 Å². The molecule has 1 amide bonds. The summed E-state index contributed by atoms with van der Waals surface area (Å²) in [6, 6.07) is 12.5. The normalized spacial score (nSPS) is 14.2. The molecule has 3 rings (SSSR count). The van der Waals surface area contributed by atoms with E-state index in [1.807, 2.05) is 19.1 Å². The van der Waals surface area contributed by atoms with E-state index in [-0.39, 0.29) is 5.91 Å². The molecule has 0 bridgehead atoms. The van der Waals surface area contributed by atoms with Crippen LogP contribution in [-0.2, 0) is 4.74 Å². The van der Waals surface area contributed by atoms with Crippen molar-refractivity contribution in [1.82, 2.24) is 4.90 Å². The van der Waals surface area contributed by atoms with Gasteiger partial charge in [-0.2, -0.15) is 0 Å². The number of rotatable bonds is 9. The number of piperazine rings is 1. The van der Waals surface area contributed by atoms with Gasteiger partial charge in [0.2, 0.25) is 0 Å². The Kier molecular flexibility index (Phi) is 8.50. The summed E-state index contributed by atoms with van der Waals surface area (Å²) in [6.07, 6.45) is 0.895. The predicted molar refractivity (Wildman–Crippen MR) is 127 cm³/mol. The maximum Gasteiger partial charge on any atom is 0.338 e. The number of benzene rings is 2. The Hall–Kier alpha value is -3.06. The summed E-state index contributed by atoms with van der Waals surface area (Å²) in [4.78, 5) is 30.0. The van der Waals surface area contributed by atoms with Gasteiger partial charge in [0.05, 0.1) is 30.2 Å². The van der Waals surface area contributed by atoms with Crippen LogP contribution < -0.4 is 15.0 Å². The predicted octanol–water partition coefficient (Wildman–Crippen LogP) is 4.05. The fourth-order valence-corrected chi connectivity index (χ4v) is 3.70. The summed E-state index contributed by atoms with van der Waals surface area (Å²) in [5, 5.41) is 3.01. The quantitative estimate of drug-likeness (QED) is 0.595. The lowest BCUT2D eigenvalue weighted by atomic mass is 10.1. The lowest BCUT2D eigenvalue weighted by molar-refractivity contribution is 0.0526. The van der Waals surface area contributed by atoms with E-state index < -0.39 is 5.97 Å². The first-order chi connectivity index (χ1) is 15.5. The number of likely N-dealkylation sites (N-methyl/N-ethyl adjacent to an activating group) is 1. The molecule has 7 nitrogen and oxygen atoms in total. The highest BCUT2D eigenvalue weighted by molar-refractivity contribution is 6.07. The SMILES string of the molecule is CCCOc1cccc(C(=O)Nc2cc(C(=O)OCC)ccc2N2CCN(CC)CC2)c1.